The largest absolute Gasteiger partial charge is 0.481 e. The van der Waals surface area contributed by atoms with Crippen molar-refractivity contribution in [3.63, 3.8) is 0 Å². The molecular weight excluding hydrogens is 296 g/mol. The van der Waals surface area contributed by atoms with Crippen LogP contribution in [0.5, 0.6) is 0 Å². The number of carboxylic acids is 1. The summed E-state index contributed by atoms with van der Waals surface area (Å²) in [5, 5.41) is 9.16. The van der Waals surface area contributed by atoms with Crippen LogP contribution in [0.25, 0.3) is 0 Å². The maximum absolute atomic E-state index is 12.0. The van der Waals surface area contributed by atoms with E-state index in [1.807, 2.05) is 0 Å². The fourth-order valence-electron chi connectivity index (χ4n) is 2.57. The van der Waals surface area contributed by atoms with Gasteiger partial charge in [0.25, 0.3) is 0 Å². The number of nitrogens with zero attached hydrogens (tertiary/aromatic N) is 2. The van der Waals surface area contributed by atoms with Crippen molar-refractivity contribution in [3.8, 4) is 0 Å². The zero-order valence-corrected chi connectivity index (χ0v) is 13.6. The highest BCUT2D eigenvalue weighted by molar-refractivity contribution is 7.90. The summed E-state index contributed by atoms with van der Waals surface area (Å²) in [5.74, 6) is -2.06. The molecule has 0 aliphatic heterocycles. The molecule has 2 atom stereocenters. The molecule has 21 heavy (non-hydrogen) atoms. The first kappa shape index (κ1) is 17.4. The molecule has 0 spiro atoms. The number of sulfone groups is 1. The van der Waals surface area contributed by atoms with Crippen LogP contribution in [-0.2, 0) is 14.6 Å². The summed E-state index contributed by atoms with van der Waals surface area (Å²) in [6, 6.07) is -0.611. The smallest absolute Gasteiger partial charge is 0.348 e. The molecule has 118 valence electrons. The predicted molar refractivity (Wildman–Crippen MR) is 78.4 cm³/mol. The first-order chi connectivity index (χ1) is 9.45. The summed E-state index contributed by atoms with van der Waals surface area (Å²) in [5.41, 5.74) is 0.679. The highest BCUT2D eigenvalue weighted by atomic mass is 32.2. The number of aliphatic carboxylic acids is 1. The Morgan fingerprint density at radius 3 is 2.29 bits per heavy atom. The maximum Gasteiger partial charge on any atom is 0.348 e. The minimum atomic E-state index is -3.27. The third-order valence-electron chi connectivity index (χ3n) is 3.40. The molecule has 8 heteroatoms. The summed E-state index contributed by atoms with van der Waals surface area (Å²) < 4.78 is 24.1. The van der Waals surface area contributed by atoms with Crippen molar-refractivity contribution in [1.29, 1.82) is 0 Å². The summed E-state index contributed by atoms with van der Waals surface area (Å²) in [6.45, 7) is 6.30. The van der Waals surface area contributed by atoms with Crippen LogP contribution in [-0.4, -0.2) is 41.1 Å². The Hall–Kier alpha value is -1.70. The normalized spacial score (nSPS) is 14.7. The van der Waals surface area contributed by atoms with E-state index < -0.39 is 33.5 Å². The van der Waals surface area contributed by atoms with Gasteiger partial charge in [-0.3, -0.25) is 9.36 Å². The SMILES string of the molecule is Cc1nc(=O)n(C(C)CS(C)(=O)=O)c(C)c1C(C)C(=O)O. The van der Waals surface area contributed by atoms with Crippen LogP contribution < -0.4 is 5.69 Å². The van der Waals surface area contributed by atoms with E-state index in [-0.39, 0.29) is 5.75 Å². The minimum Gasteiger partial charge on any atom is -0.481 e. The van der Waals surface area contributed by atoms with Crippen LogP contribution in [0.15, 0.2) is 4.79 Å². The van der Waals surface area contributed by atoms with Crippen molar-refractivity contribution >= 4 is 15.8 Å². The van der Waals surface area contributed by atoms with Crippen LogP contribution in [0, 0.1) is 13.8 Å². The Morgan fingerprint density at radius 1 is 1.33 bits per heavy atom. The van der Waals surface area contributed by atoms with Gasteiger partial charge in [0, 0.05) is 29.2 Å². The number of hydrogen-bond acceptors (Lipinski definition) is 5. The third kappa shape index (κ3) is 3.90. The molecule has 0 amide bonds. The number of carbonyl (C=O) groups is 1. The molecule has 1 aromatic rings. The summed E-state index contributed by atoms with van der Waals surface area (Å²) in [7, 11) is -3.27. The lowest BCUT2D eigenvalue weighted by Gasteiger charge is -2.22. The lowest BCUT2D eigenvalue weighted by molar-refractivity contribution is -0.138. The molecule has 1 aromatic heterocycles. The Bertz CT molecular complexity index is 721. The number of hydrogen-bond donors (Lipinski definition) is 1. The van der Waals surface area contributed by atoms with Gasteiger partial charge in [0.15, 0.2) is 0 Å². The highest BCUT2D eigenvalue weighted by Gasteiger charge is 2.24. The molecule has 1 heterocycles. The van der Waals surface area contributed by atoms with Gasteiger partial charge < -0.3 is 5.11 Å². The average molecular weight is 316 g/mol. The quantitative estimate of drug-likeness (QED) is 0.855. The molecule has 0 saturated heterocycles. The molecule has 7 nitrogen and oxygen atoms in total. The second-order valence-corrected chi connectivity index (χ2v) is 7.54. The molecular formula is C13H20N2O5S. The van der Waals surface area contributed by atoms with E-state index in [0.29, 0.717) is 17.0 Å². The van der Waals surface area contributed by atoms with E-state index in [4.69, 9.17) is 5.11 Å². The van der Waals surface area contributed by atoms with Crippen molar-refractivity contribution in [1.82, 2.24) is 9.55 Å². The molecule has 1 N–H and O–H groups in total. The molecule has 0 saturated carbocycles. The van der Waals surface area contributed by atoms with Crippen molar-refractivity contribution < 1.29 is 18.3 Å². The van der Waals surface area contributed by atoms with Gasteiger partial charge in [0.2, 0.25) is 0 Å². The summed E-state index contributed by atoms with van der Waals surface area (Å²) in [6.07, 6.45) is 1.09. The van der Waals surface area contributed by atoms with Gasteiger partial charge in [0.1, 0.15) is 9.84 Å². The first-order valence-corrected chi connectivity index (χ1v) is 8.52. The topological polar surface area (TPSA) is 106 Å². The van der Waals surface area contributed by atoms with Gasteiger partial charge in [-0.1, -0.05) is 0 Å². The molecule has 2 unspecified atom stereocenters. The second kappa shape index (κ2) is 5.97. The Morgan fingerprint density at radius 2 is 1.86 bits per heavy atom. The molecule has 0 radical (unpaired) electrons. The number of rotatable bonds is 5. The molecule has 1 rings (SSSR count). The Kier molecular flexibility index (Phi) is 4.93. The monoisotopic (exact) mass is 316 g/mol. The van der Waals surface area contributed by atoms with Gasteiger partial charge >= 0.3 is 11.7 Å². The zero-order chi connectivity index (χ0) is 16.5. The van der Waals surface area contributed by atoms with E-state index >= 15 is 0 Å². The molecule has 0 bridgehead atoms. The lowest BCUT2D eigenvalue weighted by atomic mass is 9.98. The van der Waals surface area contributed by atoms with Gasteiger partial charge in [0.05, 0.1) is 11.7 Å². The van der Waals surface area contributed by atoms with E-state index in [2.05, 4.69) is 4.98 Å². The van der Waals surface area contributed by atoms with Gasteiger partial charge in [-0.05, 0) is 27.7 Å². The predicted octanol–water partition coefficient (Wildman–Crippen LogP) is 0.654. The van der Waals surface area contributed by atoms with Crippen LogP contribution in [0.3, 0.4) is 0 Å². The number of carboxylic acid groups (broad SMARTS) is 1. The Balaban J connectivity index is 3.51. The van der Waals surface area contributed by atoms with Crippen LogP contribution in [0.4, 0.5) is 0 Å². The summed E-state index contributed by atoms with van der Waals surface area (Å²) >= 11 is 0. The summed E-state index contributed by atoms with van der Waals surface area (Å²) in [4.78, 5) is 27.1. The van der Waals surface area contributed by atoms with E-state index in [0.717, 1.165) is 6.26 Å². The van der Waals surface area contributed by atoms with E-state index in [1.165, 1.54) is 11.5 Å². The van der Waals surface area contributed by atoms with E-state index in [1.54, 1.807) is 20.8 Å². The maximum atomic E-state index is 12.0. The molecule has 0 aliphatic carbocycles. The standard InChI is InChI=1S/C13H20N2O5S/c1-7(6-21(5,19)20)15-10(4)11(8(2)12(16)17)9(3)14-13(15)18/h7-8H,6H2,1-5H3,(H,16,17). The average Bonchev–Trinajstić information content (AvgIpc) is 2.24. The van der Waals surface area contributed by atoms with E-state index in [9.17, 15) is 18.0 Å². The van der Waals surface area contributed by atoms with Crippen LogP contribution in [0.1, 0.15) is 42.8 Å². The fourth-order valence-corrected chi connectivity index (χ4v) is 3.60. The number of aromatic nitrogens is 2. The van der Waals surface area contributed by atoms with Crippen LogP contribution in [0.2, 0.25) is 0 Å². The van der Waals surface area contributed by atoms with Gasteiger partial charge in [-0.2, -0.15) is 4.98 Å². The minimum absolute atomic E-state index is 0.209. The Labute approximate surface area is 123 Å². The van der Waals surface area contributed by atoms with Crippen LogP contribution >= 0.6 is 0 Å². The first-order valence-electron chi connectivity index (χ1n) is 6.46. The fraction of sp³-hybridized carbons (Fsp3) is 0.615. The van der Waals surface area contributed by atoms with Crippen molar-refractivity contribution in [2.45, 2.75) is 39.7 Å². The van der Waals surface area contributed by atoms with Gasteiger partial charge in [-0.15, -0.1) is 0 Å². The van der Waals surface area contributed by atoms with Crippen molar-refractivity contribution in [2.75, 3.05) is 12.0 Å². The molecule has 0 aromatic carbocycles. The van der Waals surface area contributed by atoms with Crippen molar-refractivity contribution in [3.05, 3.63) is 27.4 Å². The molecule has 0 aliphatic rings. The number of aryl methyl sites for hydroxylation is 1. The zero-order valence-electron chi connectivity index (χ0n) is 12.7. The van der Waals surface area contributed by atoms with Gasteiger partial charge in [-0.25, -0.2) is 13.2 Å². The lowest BCUT2D eigenvalue weighted by Crippen LogP contribution is -2.33. The highest BCUT2D eigenvalue weighted by Crippen LogP contribution is 2.23. The third-order valence-corrected chi connectivity index (χ3v) is 4.49. The molecule has 0 fully saturated rings. The second-order valence-electron chi connectivity index (χ2n) is 5.35. The van der Waals surface area contributed by atoms with Crippen molar-refractivity contribution in [2.24, 2.45) is 0 Å².